The standard InChI is InChI=1S/C10H19N5/c1-15(10-12-9(11)13-14-10)8-6-4-2-3-5-7-8/h8H,2-7H2,1H3,(H3,11,12,13,14). The Hall–Kier alpha value is -1.26. The van der Waals surface area contributed by atoms with Gasteiger partial charge in [0, 0.05) is 13.1 Å². The Bertz CT molecular complexity index is 301. The van der Waals surface area contributed by atoms with Gasteiger partial charge in [-0.3, -0.25) is 0 Å². The summed E-state index contributed by atoms with van der Waals surface area (Å²) in [5.74, 6) is 1.12. The van der Waals surface area contributed by atoms with E-state index in [2.05, 4.69) is 27.1 Å². The van der Waals surface area contributed by atoms with E-state index in [1.54, 1.807) is 0 Å². The number of nitrogens with two attached hydrogens (primary N) is 1. The van der Waals surface area contributed by atoms with Crippen molar-refractivity contribution < 1.29 is 0 Å². The van der Waals surface area contributed by atoms with Gasteiger partial charge in [0.2, 0.25) is 11.9 Å². The monoisotopic (exact) mass is 209 g/mol. The number of rotatable bonds is 2. The van der Waals surface area contributed by atoms with E-state index in [4.69, 9.17) is 5.73 Å². The van der Waals surface area contributed by atoms with Gasteiger partial charge in [0.15, 0.2) is 0 Å². The number of hydrogen-bond acceptors (Lipinski definition) is 4. The van der Waals surface area contributed by atoms with Crippen molar-refractivity contribution in [3.63, 3.8) is 0 Å². The number of aromatic nitrogens is 3. The number of anilines is 2. The summed E-state index contributed by atoms with van der Waals surface area (Å²) >= 11 is 0. The second-order valence-electron chi connectivity index (χ2n) is 4.28. The van der Waals surface area contributed by atoms with Crippen LogP contribution in [0.3, 0.4) is 0 Å². The van der Waals surface area contributed by atoms with Crippen LogP contribution in [0.15, 0.2) is 0 Å². The lowest BCUT2D eigenvalue weighted by Gasteiger charge is -2.25. The van der Waals surface area contributed by atoms with E-state index in [0.717, 1.165) is 5.95 Å². The van der Waals surface area contributed by atoms with E-state index < -0.39 is 0 Å². The topological polar surface area (TPSA) is 70.8 Å². The minimum atomic E-state index is 0.394. The fourth-order valence-electron chi connectivity index (χ4n) is 2.23. The van der Waals surface area contributed by atoms with Gasteiger partial charge in [-0.2, -0.15) is 4.98 Å². The van der Waals surface area contributed by atoms with E-state index in [1.807, 2.05) is 0 Å². The highest BCUT2D eigenvalue weighted by Gasteiger charge is 2.19. The molecule has 1 aromatic rings. The van der Waals surface area contributed by atoms with Gasteiger partial charge < -0.3 is 10.6 Å². The molecule has 0 aromatic carbocycles. The molecular weight excluding hydrogens is 190 g/mol. The van der Waals surface area contributed by atoms with Gasteiger partial charge in [0.05, 0.1) is 0 Å². The smallest absolute Gasteiger partial charge is 0.246 e. The highest BCUT2D eigenvalue weighted by Crippen LogP contribution is 2.23. The first-order valence-electron chi connectivity index (χ1n) is 5.68. The lowest BCUT2D eigenvalue weighted by molar-refractivity contribution is 0.545. The van der Waals surface area contributed by atoms with Crippen LogP contribution in [0.2, 0.25) is 0 Å². The number of hydrogen-bond donors (Lipinski definition) is 2. The van der Waals surface area contributed by atoms with Gasteiger partial charge in [0.25, 0.3) is 0 Å². The number of nitrogens with one attached hydrogen (secondary N) is 1. The fourth-order valence-corrected chi connectivity index (χ4v) is 2.23. The predicted molar refractivity (Wildman–Crippen MR) is 60.7 cm³/mol. The van der Waals surface area contributed by atoms with Crippen molar-refractivity contribution in [3.8, 4) is 0 Å². The molecule has 1 aromatic heterocycles. The minimum Gasteiger partial charge on any atom is -0.368 e. The first-order valence-corrected chi connectivity index (χ1v) is 5.68. The van der Waals surface area contributed by atoms with Gasteiger partial charge >= 0.3 is 0 Å². The van der Waals surface area contributed by atoms with Crippen molar-refractivity contribution in [1.29, 1.82) is 0 Å². The van der Waals surface area contributed by atoms with Gasteiger partial charge in [-0.05, 0) is 12.8 Å². The van der Waals surface area contributed by atoms with Crippen molar-refractivity contribution in [2.24, 2.45) is 0 Å². The van der Waals surface area contributed by atoms with Crippen LogP contribution in [0.4, 0.5) is 11.9 Å². The predicted octanol–water partition coefficient (Wildman–Crippen LogP) is 1.55. The summed E-state index contributed by atoms with van der Waals surface area (Å²) in [5.41, 5.74) is 5.52. The molecule has 1 saturated carbocycles. The molecule has 15 heavy (non-hydrogen) atoms. The summed E-state index contributed by atoms with van der Waals surface area (Å²) in [6.07, 6.45) is 7.83. The van der Waals surface area contributed by atoms with Crippen LogP contribution in [0, 0.1) is 0 Å². The van der Waals surface area contributed by atoms with E-state index in [0.29, 0.717) is 12.0 Å². The maximum atomic E-state index is 5.52. The first kappa shape index (κ1) is 10.3. The zero-order valence-corrected chi connectivity index (χ0v) is 9.24. The van der Waals surface area contributed by atoms with Crippen molar-refractivity contribution in [2.45, 2.75) is 44.6 Å². The molecule has 0 amide bonds. The molecule has 1 aliphatic carbocycles. The molecule has 5 heteroatoms. The summed E-state index contributed by atoms with van der Waals surface area (Å²) in [5, 5.41) is 6.77. The van der Waals surface area contributed by atoms with Crippen molar-refractivity contribution in [1.82, 2.24) is 15.2 Å². The third-order valence-electron chi connectivity index (χ3n) is 3.18. The van der Waals surface area contributed by atoms with E-state index in [9.17, 15) is 0 Å². The molecule has 5 nitrogen and oxygen atoms in total. The Balaban J connectivity index is 2.02. The van der Waals surface area contributed by atoms with Crippen LogP contribution in [0.5, 0.6) is 0 Å². The molecule has 1 aliphatic rings. The van der Waals surface area contributed by atoms with Crippen LogP contribution in [-0.4, -0.2) is 28.3 Å². The molecule has 1 heterocycles. The van der Waals surface area contributed by atoms with Crippen LogP contribution in [0.25, 0.3) is 0 Å². The molecule has 0 aliphatic heterocycles. The molecule has 0 atom stereocenters. The molecule has 3 N–H and O–H groups in total. The third kappa shape index (κ3) is 2.40. The van der Waals surface area contributed by atoms with Gasteiger partial charge in [-0.25, -0.2) is 5.10 Å². The first-order chi connectivity index (χ1) is 7.27. The number of nitrogens with zero attached hydrogens (tertiary/aromatic N) is 3. The molecule has 0 saturated heterocycles. The van der Waals surface area contributed by atoms with Crippen LogP contribution in [0.1, 0.15) is 38.5 Å². The molecule has 0 radical (unpaired) electrons. The summed E-state index contributed by atoms with van der Waals surface area (Å²) in [4.78, 5) is 6.30. The second-order valence-corrected chi connectivity index (χ2v) is 4.28. The molecule has 1 fully saturated rings. The Morgan fingerprint density at radius 3 is 2.47 bits per heavy atom. The van der Waals surface area contributed by atoms with E-state index in [-0.39, 0.29) is 0 Å². The van der Waals surface area contributed by atoms with Crippen molar-refractivity contribution in [3.05, 3.63) is 0 Å². The van der Waals surface area contributed by atoms with Crippen molar-refractivity contribution >= 4 is 11.9 Å². The lowest BCUT2D eigenvalue weighted by Crippen LogP contribution is -2.31. The van der Waals surface area contributed by atoms with Crippen LogP contribution < -0.4 is 10.6 Å². The summed E-state index contributed by atoms with van der Waals surface area (Å²) in [7, 11) is 2.05. The van der Waals surface area contributed by atoms with E-state index in [1.165, 1.54) is 38.5 Å². The highest BCUT2D eigenvalue weighted by atomic mass is 15.4. The molecule has 0 unspecified atom stereocenters. The molecule has 0 spiro atoms. The normalized spacial score (nSPS) is 18.7. The maximum absolute atomic E-state index is 5.52. The largest absolute Gasteiger partial charge is 0.368 e. The quantitative estimate of drug-likeness (QED) is 0.725. The van der Waals surface area contributed by atoms with Gasteiger partial charge in [-0.15, -0.1) is 5.10 Å². The second kappa shape index (κ2) is 4.51. The Morgan fingerprint density at radius 1 is 1.27 bits per heavy atom. The average Bonchev–Trinajstić information content (AvgIpc) is 2.53. The lowest BCUT2D eigenvalue weighted by atomic mass is 10.1. The zero-order chi connectivity index (χ0) is 10.7. The summed E-state index contributed by atoms with van der Waals surface area (Å²) < 4.78 is 0. The SMILES string of the molecule is CN(c1n[nH]c(N)n1)C1CCCCCC1. The molecule has 0 bridgehead atoms. The number of aromatic amines is 1. The average molecular weight is 209 g/mol. The minimum absolute atomic E-state index is 0.394. The fraction of sp³-hybridized carbons (Fsp3) is 0.800. The maximum Gasteiger partial charge on any atom is 0.246 e. The zero-order valence-electron chi connectivity index (χ0n) is 9.24. The summed E-state index contributed by atoms with van der Waals surface area (Å²) in [6, 6.07) is 0.572. The molecule has 84 valence electrons. The highest BCUT2D eigenvalue weighted by molar-refractivity contribution is 5.34. The Morgan fingerprint density at radius 2 is 1.93 bits per heavy atom. The number of nitrogen functional groups attached to an aromatic ring is 1. The van der Waals surface area contributed by atoms with Crippen LogP contribution >= 0.6 is 0 Å². The summed E-state index contributed by atoms with van der Waals surface area (Å²) in [6.45, 7) is 0. The van der Waals surface area contributed by atoms with E-state index >= 15 is 0 Å². The third-order valence-corrected chi connectivity index (χ3v) is 3.18. The van der Waals surface area contributed by atoms with Gasteiger partial charge in [-0.1, -0.05) is 25.7 Å². The molecule has 2 rings (SSSR count). The Labute approximate surface area is 90.1 Å². The van der Waals surface area contributed by atoms with Crippen molar-refractivity contribution in [2.75, 3.05) is 17.7 Å². The Kier molecular flexibility index (Phi) is 3.08. The molecular formula is C10H19N5. The van der Waals surface area contributed by atoms with Gasteiger partial charge in [0.1, 0.15) is 0 Å². The van der Waals surface area contributed by atoms with Crippen LogP contribution in [-0.2, 0) is 0 Å². The number of H-pyrrole nitrogens is 1.